The maximum absolute atomic E-state index is 13.6. The molecule has 0 spiro atoms. The van der Waals surface area contributed by atoms with Gasteiger partial charge in [-0.3, -0.25) is 9.78 Å². The molecule has 6 heteroatoms. The summed E-state index contributed by atoms with van der Waals surface area (Å²) >= 11 is 0. The molecule has 1 aliphatic rings. The molecule has 2 aromatic carbocycles. The number of fused-ring (bicyclic) bond motifs is 1. The predicted octanol–water partition coefficient (Wildman–Crippen LogP) is 4.03. The van der Waals surface area contributed by atoms with Gasteiger partial charge in [0.05, 0.1) is 11.1 Å². The van der Waals surface area contributed by atoms with E-state index in [9.17, 15) is 14.0 Å². The van der Waals surface area contributed by atoms with Crippen LogP contribution in [0.5, 0.6) is 0 Å². The summed E-state index contributed by atoms with van der Waals surface area (Å²) in [5.41, 5.74) is 3.24. The van der Waals surface area contributed by atoms with Crippen LogP contribution in [0.15, 0.2) is 48.5 Å². The quantitative estimate of drug-likeness (QED) is 0.643. The monoisotopic (exact) mass is 392 g/mol. The smallest absolute Gasteiger partial charge is 0.339 e. The Hall–Kier alpha value is -3.28. The number of benzene rings is 2. The molecule has 3 aromatic rings. The molecule has 1 aliphatic carbocycles. The van der Waals surface area contributed by atoms with E-state index in [1.165, 1.54) is 6.07 Å². The third kappa shape index (κ3) is 4.42. The van der Waals surface area contributed by atoms with Crippen LogP contribution < -0.4 is 5.32 Å². The molecule has 5 nitrogen and oxygen atoms in total. The number of hydrogen-bond donors (Lipinski definition) is 1. The molecule has 1 saturated carbocycles. The lowest BCUT2D eigenvalue weighted by molar-refractivity contribution is -0.124. The number of rotatable bonds is 6. The Kier molecular flexibility index (Phi) is 5.25. The van der Waals surface area contributed by atoms with Gasteiger partial charge in [-0.1, -0.05) is 30.3 Å². The Labute approximate surface area is 167 Å². The van der Waals surface area contributed by atoms with E-state index in [1.54, 1.807) is 25.1 Å². The number of nitrogens with one attached hydrogen (secondary N) is 1. The predicted molar refractivity (Wildman–Crippen MR) is 107 cm³/mol. The minimum Gasteiger partial charge on any atom is -0.452 e. The first-order valence-electron chi connectivity index (χ1n) is 9.60. The molecule has 1 N–H and O–H groups in total. The molecule has 0 aliphatic heterocycles. The van der Waals surface area contributed by atoms with Crippen molar-refractivity contribution in [1.29, 1.82) is 0 Å². The Morgan fingerprint density at radius 2 is 1.97 bits per heavy atom. The van der Waals surface area contributed by atoms with E-state index in [4.69, 9.17) is 4.74 Å². The van der Waals surface area contributed by atoms with Gasteiger partial charge in [0, 0.05) is 23.5 Å². The number of carbonyl (C=O) groups is 2. The molecule has 29 heavy (non-hydrogen) atoms. The van der Waals surface area contributed by atoms with E-state index in [0.29, 0.717) is 28.0 Å². The van der Waals surface area contributed by atoms with Crippen LogP contribution in [0.1, 0.15) is 45.9 Å². The highest BCUT2D eigenvalue weighted by Gasteiger charge is 2.27. The number of hydrogen-bond acceptors (Lipinski definition) is 4. The van der Waals surface area contributed by atoms with Gasteiger partial charge in [0.25, 0.3) is 5.91 Å². The van der Waals surface area contributed by atoms with Crippen molar-refractivity contribution in [3.63, 3.8) is 0 Å². The summed E-state index contributed by atoms with van der Waals surface area (Å²) in [5.74, 6) is -0.925. The van der Waals surface area contributed by atoms with Gasteiger partial charge in [-0.15, -0.1) is 0 Å². The first kappa shape index (κ1) is 19.1. The maximum Gasteiger partial charge on any atom is 0.339 e. The number of esters is 1. The van der Waals surface area contributed by atoms with Crippen molar-refractivity contribution in [3.8, 4) is 0 Å². The zero-order valence-electron chi connectivity index (χ0n) is 16.1. The number of halogens is 1. The van der Waals surface area contributed by atoms with Crippen molar-refractivity contribution >= 4 is 22.8 Å². The highest BCUT2D eigenvalue weighted by Crippen LogP contribution is 2.40. The standard InChI is InChI=1S/C23H21FN2O3/c1-14-6-7-15(10-19(14)24)12-25-22(27)13-29-23(28)18-11-21(16-8-9-16)26-20-5-3-2-4-17(18)20/h2-7,10-11,16H,8-9,12-13H2,1H3,(H,25,27). The molecular weight excluding hydrogens is 371 g/mol. The SMILES string of the molecule is Cc1ccc(CNC(=O)COC(=O)c2cc(C3CC3)nc3ccccc23)cc1F. The van der Waals surface area contributed by atoms with Crippen LogP contribution in [0, 0.1) is 12.7 Å². The Morgan fingerprint density at radius 1 is 1.17 bits per heavy atom. The lowest BCUT2D eigenvalue weighted by Gasteiger charge is -2.10. The number of carbonyl (C=O) groups excluding carboxylic acids is 2. The third-order valence-electron chi connectivity index (χ3n) is 5.01. The molecule has 0 bridgehead atoms. The fourth-order valence-electron chi connectivity index (χ4n) is 3.16. The molecule has 1 amide bonds. The molecule has 1 fully saturated rings. The summed E-state index contributed by atoms with van der Waals surface area (Å²) in [4.78, 5) is 29.3. The van der Waals surface area contributed by atoms with Gasteiger partial charge < -0.3 is 10.1 Å². The van der Waals surface area contributed by atoms with E-state index < -0.39 is 18.5 Å². The number of aromatic nitrogens is 1. The van der Waals surface area contributed by atoms with E-state index in [2.05, 4.69) is 10.3 Å². The van der Waals surface area contributed by atoms with Gasteiger partial charge in [-0.25, -0.2) is 9.18 Å². The first-order valence-corrected chi connectivity index (χ1v) is 9.60. The van der Waals surface area contributed by atoms with Gasteiger partial charge in [-0.2, -0.15) is 0 Å². The fraction of sp³-hybridized carbons (Fsp3) is 0.261. The van der Waals surface area contributed by atoms with Crippen LogP contribution in [0.2, 0.25) is 0 Å². The average molecular weight is 392 g/mol. The van der Waals surface area contributed by atoms with Gasteiger partial charge in [-0.05, 0) is 49.1 Å². The van der Waals surface area contributed by atoms with E-state index in [1.807, 2.05) is 24.3 Å². The Morgan fingerprint density at radius 3 is 2.72 bits per heavy atom. The third-order valence-corrected chi connectivity index (χ3v) is 5.01. The average Bonchev–Trinajstić information content (AvgIpc) is 3.57. The summed E-state index contributed by atoms with van der Waals surface area (Å²) in [6.07, 6.45) is 2.14. The summed E-state index contributed by atoms with van der Waals surface area (Å²) in [7, 11) is 0. The minimum absolute atomic E-state index is 0.164. The maximum atomic E-state index is 13.6. The van der Waals surface area contributed by atoms with Crippen LogP contribution in [0.25, 0.3) is 10.9 Å². The second-order valence-electron chi connectivity index (χ2n) is 7.32. The largest absolute Gasteiger partial charge is 0.452 e. The van der Waals surface area contributed by atoms with Crippen molar-refractivity contribution in [1.82, 2.24) is 10.3 Å². The van der Waals surface area contributed by atoms with Crippen LogP contribution in [0.4, 0.5) is 4.39 Å². The van der Waals surface area contributed by atoms with Crippen molar-refractivity contribution < 1.29 is 18.7 Å². The Balaban J connectivity index is 1.40. The molecule has 4 rings (SSSR count). The van der Waals surface area contributed by atoms with E-state index >= 15 is 0 Å². The summed E-state index contributed by atoms with van der Waals surface area (Å²) in [6, 6.07) is 14.0. The molecular formula is C23H21FN2O3. The first-order chi connectivity index (χ1) is 14.0. The van der Waals surface area contributed by atoms with Crippen molar-refractivity contribution in [3.05, 3.63) is 76.7 Å². The van der Waals surface area contributed by atoms with Crippen molar-refractivity contribution in [2.75, 3.05) is 6.61 Å². The fourth-order valence-corrected chi connectivity index (χ4v) is 3.16. The normalized spacial score (nSPS) is 13.3. The zero-order valence-corrected chi connectivity index (χ0v) is 16.1. The number of ether oxygens (including phenoxy) is 1. The topological polar surface area (TPSA) is 68.3 Å². The summed E-state index contributed by atoms with van der Waals surface area (Å²) < 4.78 is 18.8. The van der Waals surface area contributed by atoms with Crippen LogP contribution >= 0.6 is 0 Å². The molecule has 0 unspecified atom stereocenters. The van der Waals surface area contributed by atoms with Crippen LogP contribution in [0.3, 0.4) is 0 Å². The number of para-hydroxylation sites is 1. The summed E-state index contributed by atoms with van der Waals surface area (Å²) in [6.45, 7) is 1.44. The number of nitrogens with zero attached hydrogens (tertiary/aromatic N) is 1. The zero-order chi connectivity index (χ0) is 20.4. The highest BCUT2D eigenvalue weighted by molar-refractivity contribution is 6.04. The minimum atomic E-state index is -0.554. The molecule has 0 radical (unpaired) electrons. The Bertz CT molecular complexity index is 1090. The molecule has 1 heterocycles. The second-order valence-corrected chi connectivity index (χ2v) is 7.32. The molecule has 148 valence electrons. The lowest BCUT2D eigenvalue weighted by Crippen LogP contribution is -2.28. The van der Waals surface area contributed by atoms with Crippen LogP contribution in [-0.2, 0) is 16.1 Å². The molecule has 0 saturated heterocycles. The summed E-state index contributed by atoms with van der Waals surface area (Å²) in [5, 5.41) is 3.34. The van der Waals surface area contributed by atoms with Gasteiger partial charge in [0.1, 0.15) is 5.82 Å². The van der Waals surface area contributed by atoms with E-state index in [-0.39, 0.29) is 12.4 Å². The molecule has 1 aromatic heterocycles. The number of pyridine rings is 1. The van der Waals surface area contributed by atoms with Gasteiger partial charge in [0.2, 0.25) is 0 Å². The van der Waals surface area contributed by atoms with Crippen molar-refractivity contribution in [2.45, 2.75) is 32.2 Å². The molecule has 0 atom stereocenters. The lowest BCUT2D eigenvalue weighted by atomic mass is 10.1. The number of aryl methyl sites for hydroxylation is 1. The van der Waals surface area contributed by atoms with Crippen LogP contribution in [-0.4, -0.2) is 23.5 Å². The van der Waals surface area contributed by atoms with Gasteiger partial charge in [0.15, 0.2) is 6.61 Å². The number of amides is 1. The van der Waals surface area contributed by atoms with Gasteiger partial charge >= 0.3 is 5.97 Å². The van der Waals surface area contributed by atoms with Crippen molar-refractivity contribution in [2.24, 2.45) is 0 Å². The second kappa shape index (κ2) is 7.99. The highest BCUT2D eigenvalue weighted by atomic mass is 19.1. The van der Waals surface area contributed by atoms with E-state index in [0.717, 1.165) is 24.1 Å².